The molecule has 1 aromatic heterocycles. The van der Waals surface area contributed by atoms with Gasteiger partial charge < -0.3 is 9.63 Å². The van der Waals surface area contributed by atoms with Gasteiger partial charge >= 0.3 is 0 Å². The Balaban J connectivity index is 1.68. The highest BCUT2D eigenvalue weighted by atomic mass is 16.5. The summed E-state index contributed by atoms with van der Waals surface area (Å²) in [6.07, 6.45) is 2.51. The zero-order chi connectivity index (χ0) is 14.8. The Kier molecular flexibility index (Phi) is 3.97. The van der Waals surface area contributed by atoms with Crippen LogP contribution in [0.25, 0.3) is 0 Å². The Morgan fingerprint density at radius 3 is 2.52 bits per heavy atom. The topological polar surface area (TPSA) is 49.5 Å². The monoisotopic (exact) mass is 286 g/mol. The van der Waals surface area contributed by atoms with E-state index >= 15 is 0 Å². The van der Waals surface area contributed by atoms with E-state index in [1.54, 1.807) is 12.1 Å². The molecule has 0 bridgehead atoms. The molecule has 0 spiro atoms. The molecule has 1 fully saturated rings. The quantitative estimate of drug-likeness (QED) is 0.880. The zero-order valence-corrected chi connectivity index (χ0v) is 12.6. The van der Waals surface area contributed by atoms with Crippen LogP contribution in [0.2, 0.25) is 0 Å². The number of rotatable bonds is 6. The molecule has 1 saturated carbocycles. The van der Waals surface area contributed by atoms with Crippen LogP contribution in [0.15, 0.2) is 34.9 Å². The van der Waals surface area contributed by atoms with Gasteiger partial charge in [0.25, 0.3) is 0 Å². The first-order valence-electron chi connectivity index (χ1n) is 7.59. The van der Waals surface area contributed by atoms with Crippen LogP contribution in [0, 0.1) is 0 Å². The van der Waals surface area contributed by atoms with E-state index in [4.69, 9.17) is 4.52 Å². The Morgan fingerprint density at radius 1 is 1.24 bits per heavy atom. The molecule has 21 heavy (non-hydrogen) atoms. The van der Waals surface area contributed by atoms with Crippen LogP contribution in [0.3, 0.4) is 0 Å². The van der Waals surface area contributed by atoms with Crippen LogP contribution in [-0.4, -0.2) is 21.2 Å². The maximum atomic E-state index is 9.37. The first kappa shape index (κ1) is 14.1. The molecule has 3 rings (SSSR count). The molecule has 0 unspecified atom stereocenters. The van der Waals surface area contributed by atoms with Gasteiger partial charge in [0.1, 0.15) is 11.5 Å². The number of hydrogen-bond acceptors (Lipinski definition) is 4. The first-order valence-corrected chi connectivity index (χ1v) is 7.59. The second-order valence-electron chi connectivity index (χ2n) is 6.18. The van der Waals surface area contributed by atoms with Gasteiger partial charge in [-0.15, -0.1) is 0 Å². The molecule has 1 heterocycles. The molecule has 0 atom stereocenters. The van der Waals surface area contributed by atoms with Crippen molar-refractivity contribution in [2.75, 3.05) is 0 Å². The van der Waals surface area contributed by atoms with E-state index in [0.29, 0.717) is 17.7 Å². The summed E-state index contributed by atoms with van der Waals surface area (Å²) in [4.78, 5) is 2.44. The minimum atomic E-state index is 0.315. The van der Waals surface area contributed by atoms with Gasteiger partial charge in [0, 0.05) is 31.1 Å². The minimum absolute atomic E-state index is 0.315. The van der Waals surface area contributed by atoms with E-state index in [0.717, 1.165) is 24.5 Å². The predicted molar refractivity (Wildman–Crippen MR) is 81.0 cm³/mol. The highest BCUT2D eigenvalue weighted by molar-refractivity contribution is 5.26. The van der Waals surface area contributed by atoms with Gasteiger partial charge in [-0.05, 0) is 30.5 Å². The Labute approximate surface area is 125 Å². The van der Waals surface area contributed by atoms with Gasteiger partial charge in [0.2, 0.25) is 0 Å². The molecule has 1 aromatic carbocycles. The van der Waals surface area contributed by atoms with E-state index in [9.17, 15) is 5.11 Å². The lowest BCUT2D eigenvalue weighted by Crippen LogP contribution is -2.25. The maximum absolute atomic E-state index is 9.37. The SMILES string of the molecule is CC(C)c1cc(CN(Cc2ccc(O)cc2)C2CC2)no1. The summed E-state index contributed by atoms with van der Waals surface area (Å²) in [5.74, 6) is 1.64. The fourth-order valence-corrected chi connectivity index (χ4v) is 2.47. The van der Waals surface area contributed by atoms with Crippen LogP contribution < -0.4 is 0 Å². The smallest absolute Gasteiger partial charge is 0.139 e. The minimum Gasteiger partial charge on any atom is -0.508 e. The van der Waals surface area contributed by atoms with Crippen molar-refractivity contribution in [2.45, 2.75) is 51.7 Å². The molecule has 1 N–H and O–H groups in total. The summed E-state index contributed by atoms with van der Waals surface area (Å²) in [5.41, 5.74) is 2.22. The second kappa shape index (κ2) is 5.90. The van der Waals surface area contributed by atoms with E-state index in [1.165, 1.54) is 18.4 Å². The average molecular weight is 286 g/mol. The first-order chi connectivity index (χ1) is 10.1. The summed E-state index contributed by atoms with van der Waals surface area (Å²) in [6, 6.07) is 10.2. The van der Waals surface area contributed by atoms with Crippen LogP contribution in [-0.2, 0) is 13.1 Å². The van der Waals surface area contributed by atoms with Crippen LogP contribution in [0.5, 0.6) is 5.75 Å². The van der Waals surface area contributed by atoms with E-state index < -0.39 is 0 Å². The number of benzene rings is 1. The van der Waals surface area contributed by atoms with Crippen molar-refractivity contribution in [1.29, 1.82) is 0 Å². The van der Waals surface area contributed by atoms with E-state index in [1.807, 2.05) is 12.1 Å². The van der Waals surface area contributed by atoms with Crippen molar-refractivity contribution in [1.82, 2.24) is 10.1 Å². The molecule has 0 amide bonds. The summed E-state index contributed by atoms with van der Waals surface area (Å²) in [5, 5.41) is 13.6. The average Bonchev–Trinajstić information content (AvgIpc) is 3.20. The third-order valence-corrected chi connectivity index (χ3v) is 3.90. The molecule has 4 nitrogen and oxygen atoms in total. The van der Waals surface area contributed by atoms with Gasteiger partial charge in [-0.3, -0.25) is 4.90 Å². The van der Waals surface area contributed by atoms with E-state index in [-0.39, 0.29) is 0 Å². The number of aromatic hydroxyl groups is 1. The summed E-state index contributed by atoms with van der Waals surface area (Å²) in [7, 11) is 0. The number of phenolic OH excluding ortho intramolecular Hbond substituents is 1. The number of nitrogens with zero attached hydrogens (tertiary/aromatic N) is 2. The molecule has 4 heteroatoms. The summed E-state index contributed by atoms with van der Waals surface area (Å²) < 4.78 is 5.38. The highest BCUT2D eigenvalue weighted by Crippen LogP contribution is 2.30. The van der Waals surface area contributed by atoms with E-state index in [2.05, 4.69) is 30.0 Å². The lowest BCUT2D eigenvalue weighted by atomic mass is 10.1. The fraction of sp³-hybridized carbons (Fsp3) is 0.471. The largest absolute Gasteiger partial charge is 0.508 e. The lowest BCUT2D eigenvalue weighted by molar-refractivity contribution is 0.236. The molecule has 0 radical (unpaired) electrons. The standard InChI is InChI=1S/C17H22N2O2/c1-12(2)17-9-14(18-21-17)11-19(15-5-6-15)10-13-3-7-16(20)8-4-13/h3-4,7-9,12,15,20H,5-6,10-11H2,1-2H3. The van der Waals surface area contributed by atoms with Gasteiger partial charge in [0.05, 0.1) is 5.69 Å². The molecule has 0 saturated heterocycles. The van der Waals surface area contributed by atoms with Gasteiger partial charge in [-0.1, -0.05) is 31.1 Å². The molecule has 2 aromatic rings. The van der Waals surface area contributed by atoms with Crippen molar-refractivity contribution in [3.05, 3.63) is 47.3 Å². The molecule has 1 aliphatic rings. The molecule has 1 aliphatic carbocycles. The van der Waals surface area contributed by atoms with Crippen LogP contribution >= 0.6 is 0 Å². The number of hydrogen-bond donors (Lipinski definition) is 1. The Hall–Kier alpha value is -1.81. The lowest BCUT2D eigenvalue weighted by Gasteiger charge is -2.20. The van der Waals surface area contributed by atoms with Gasteiger partial charge in [-0.25, -0.2) is 0 Å². The zero-order valence-electron chi connectivity index (χ0n) is 12.6. The van der Waals surface area contributed by atoms with Gasteiger partial charge in [-0.2, -0.15) is 0 Å². The molecular formula is C17H22N2O2. The number of aromatic nitrogens is 1. The van der Waals surface area contributed by atoms with Crippen LogP contribution in [0.1, 0.15) is 49.6 Å². The Bertz CT molecular complexity index is 585. The van der Waals surface area contributed by atoms with Crippen molar-refractivity contribution < 1.29 is 9.63 Å². The van der Waals surface area contributed by atoms with Crippen molar-refractivity contribution >= 4 is 0 Å². The fourth-order valence-electron chi connectivity index (χ4n) is 2.47. The third-order valence-electron chi connectivity index (χ3n) is 3.90. The van der Waals surface area contributed by atoms with Crippen molar-refractivity contribution in [3.63, 3.8) is 0 Å². The molecule has 0 aliphatic heterocycles. The Morgan fingerprint density at radius 2 is 1.95 bits per heavy atom. The molecular weight excluding hydrogens is 264 g/mol. The number of phenols is 1. The predicted octanol–water partition coefficient (Wildman–Crippen LogP) is 3.67. The molecule has 112 valence electrons. The van der Waals surface area contributed by atoms with Crippen LogP contribution in [0.4, 0.5) is 0 Å². The summed E-state index contributed by atoms with van der Waals surface area (Å²) >= 11 is 0. The highest BCUT2D eigenvalue weighted by Gasteiger charge is 2.29. The normalized spacial score (nSPS) is 15.0. The van der Waals surface area contributed by atoms with Crippen molar-refractivity contribution in [2.24, 2.45) is 0 Å². The second-order valence-corrected chi connectivity index (χ2v) is 6.18. The maximum Gasteiger partial charge on any atom is 0.139 e. The third kappa shape index (κ3) is 3.64. The van der Waals surface area contributed by atoms with Gasteiger partial charge in [0.15, 0.2) is 0 Å². The van der Waals surface area contributed by atoms with Crippen molar-refractivity contribution in [3.8, 4) is 5.75 Å². The summed E-state index contributed by atoms with van der Waals surface area (Å²) in [6.45, 7) is 5.93.